The first-order chi connectivity index (χ1) is 14.8. The summed E-state index contributed by atoms with van der Waals surface area (Å²) in [6.45, 7) is 3.84. The first-order valence-electron chi connectivity index (χ1n) is 9.54. The first kappa shape index (κ1) is 21.4. The van der Waals surface area contributed by atoms with Gasteiger partial charge in [0.1, 0.15) is 5.70 Å². The molecule has 0 saturated carbocycles. The number of aryl methyl sites for hydroxylation is 2. The Labute approximate surface area is 179 Å². The van der Waals surface area contributed by atoms with Gasteiger partial charge in [0.2, 0.25) is 0 Å². The minimum absolute atomic E-state index is 0.0355. The molecule has 3 aromatic carbocycles. The Morgan fingerprint density at radius 3 is 2.13 bits per heavy atom. The zero-order chi connectivity index (χ0) is 22.4. The van der Waals surface area contributed by atoms with Gasteiger partial charge in [-0.1, -0.05) is 47.5 Å². The molecule has 156 valence electrons. The lowest BCUT2D eigenvalue weighted by Crippen LogP contribution is -2.30. The van der Waals surface area contributed by atoms with Crippen LogP contribution in [0, 0.1) is 24.0 Å². The highest BCUT2D eigenvalue weighted by Gasteiger charge is 2.16. The Hall–Kier alpha value is -4.26. The van der Waals surface area contributed by atoms with Gasteiger partial charge in [-0.25, -0.2) is 0 Å². The third-order valence-electron chi connectivity index (χ3n) is 4.51. The van der Waals surface area contributed by atoms with E-state index in [1.807, 2.05) is 26.0 Å². The molecule has 31 heavy (non-hydrogen) atoms. The summed E-state index contributed by atoms with van der Waals surface area (Å²) >= 11 is 0. The van der Waals surface area contributed by atoms with Gasteiger partial charge in [0.15, 0.2) is 0 Å². The maximum Gasteiger partial charge on any atom is 0.272 e. The van der Waals surface area contributed by atoms with Gasteiger partial charge in [-0.3, -0.25) is 19.7 Å². The molecule has 0 saturated heterocycles. The average molecular weight is 415 g/mol. The van der Waals surface area contributed by atoms with Crippen molar-refractivity contribution in [3.05, 3.63) is 111 Å². The van der Waals surface area contributed by atoms with Crippen LogP contribution in [-0.2, 0) is 4.79 Å². The van der Waals surface area contributed by atoms with Crippen LogP contribution < -0.4 is 10.6 Å². The van der Waals surface area contributed by atoms with Crippen molar-refractivity contribution in [2.75, 3.05) is 5.32 Å². The smallest absolute Gasteiger partial charge is 0.272 e. The van der Waals surface area contributed by atoms with Gasteiger partial charge in [0, 0.05) is 23.4 Å². The third-order valence-corrected chi connectivity index (χ3v) is 4.51. The predicted molar refractivity (Wildman–Crippen MR) is 120 cm³/mol. The van der Waals surface area contributed by atoms with Crippen LogP contribution in [0.15, 0.2) is 78.5 Å². The zero-order valence-corrected chi connectivity index (χ0v) is 17.1. The van der Waals surface area contributed by atoms with Crippen molar-refractivity contribution in [1.82, 2.24) is 5.32 Å². The Bertz CT molecular complexity index is 1150. The van der Waals surface area contributed by atoms with Crippen molar-refractivity contribution in [2.24, 2.45) is 0 Å². The topological polar surface area (TPSA) is 101 Å². The number of rotatable bonds is 6. The van der Waals surface area contributed by atoms with Crippen LogP contribution in [-0.4, -0.2) is 16.7 Å². The molecule has 0 fully saturated rings. The van der Waals surface area contributed by atoms with Gasteiger partial charge >= 0.3 is 0 Å². The number of nitro groups is 1. The number of non-ortho nitro benzene ring substituents is 1. The molecule has 2 amide bonds. The second kappa shape index (κ2) is 9.49. The molecule has 0 atom stereocenters. The Balaban J connectivity index is 1.92. The SMILES string of the molecule is Cc1ccc(NC(=O)/C(=C\c2cccc([N+](=O)[O-])c2)NC(=O)c2ccc(C)cc2)cc1. The Morgan fingerprint density at radius 2 is 1.52 bits per heavy atom. The normalized spacial score (nSPS) is 11.0. The summed E-state index contributed by atoms with van der Waals surface area (Å²) < 4.78 is 0. The van der Waals surface area contributed by atoms with Crippen molar-refractivity contribution in [2.45, 2.75) is 13.8 Å². The summed E-state index contributed by atoms with van der Waals surface area (Å²) in [6.07, 6.45) is 1.41. The quantitative estimate of drug-likeness (QED) is 0.348. The van der Waals surface area contributed by atoms with Crippen molar-refractivity contribution in [3.63, 3.8) is 0 Å². The first-order valence-corrected chi connectivity index (χ1v) is 9.54. The van der Waals surface area contributed by atoms with Crippen molar-refractivity contribution in [1.29, 1.82) is 0 Å². The van der Waals surface area contributed by atoms with Crippen LogP contribution in [0.5, 0.6) is 0 Å². The minimum Gasteiger partial charge on any atom is -0.321 e. The van der Waals surface area contributed by atoms with Crippen LogP contribution in [0.25, 0.3) is 6.08 Å². The van der Waals surface area contributed by atoms with E-state index in [1.54, 1.807) is 42.5 Å². The number of benzene rings is 3. The Morgan fingerprint density at radius 1 is 0.903 bits per heavy atom. The molecule has 3 aromatic rings. The van der Waals surface area contributed by atoms with E-state index >= 15 is 0 Å². The highest BCUT2D eigenvalue weighted by atomic mass is 16.6. The monoisotopic (exact) mass is 415 g/mol. The van der Waals surface area contributed by atoms with E-state index in [2.05, 4.69) is 10.6 Å². The lowest BCUT2D eigenvalue weighted by atomic mass is 10.1. The van der Waals surface area contributed by atoms with E-state index < -0.39 is 16.7 Å². The number of anilines is 1. The van der Waals surface area contributed by atoms with Crippen molar-refractivity contribution in [3.8, 4) is 0 Å². The number of carbonyl (C=O) groups is 2. The molecule has 7 nitrogen and oxygen atoms in total. The minimum atomic E-state index is -0.546. The van der Waals surface area contributed by atoms with Gasteiger partial charge in [-0.05, 0) is 49.8 Å². The molecule has 2 N–H and O–H groups in total. The van der Waals surface area contributed by atoms with Gasteiger partial charge in [0.05, 0.1) is 4.92 Å². The summed E-state index contributed by atoms with van der Waals surface area (Å²) in [7, 11) is 0. The second-order valence-electron chi connectivity index (χ2n) is 7.05. The molecule has 0 spiro atoms. The summed E-state index contributed by atoms with van der Waals surface area (Å²) in [5.74, 6) is -1.01. The molecule has 0 aliphatic carbocycles. The maximum atomic E-state index is 12.9. The largest absolute Gasteiger partial charge is 0.321 e. The zero-order valence-electron chi connectivity index (χ0n) is 17.1. The van der Waals surface area contributed by atoms with Crippen LogP contribution in [0.2, 0.25) is 0 Å². The molecule has 0 aromatic heterocycles. The second-order valence-corrected chi connectivity index (χ2v) is 7.05. The number of nitro benzene ring substituents is 1. The molecule has 0 aliphatic heterocycles. The predicted octanol–water partition coefficient (Wildman–Crippen LogP) is 4.62. The number of carbonyl (C=O) groups excluding carboxylic acids is 2. The Kier molecular flexibility index (Phi) is 6.57. The number of hydrogen-bond donors (Lipinski definition) is 2. The fraction of sp³-hybridized carbons (Fsp3) is 0.0833. The molecular formula is C24H21N3O4. The van der Waals surface area contributed by atoms with E-state index in [-0.39, 0.29) is 11.4 Å². The van der Waals surface area contributed by atoms with Crippen molar-refractivity contribution < 1.29 is 14.5 Å². The number of amides is 2. The van der Waals surface area contributed by atoms with Crippen LogP contribution >= 0.6 is 0 Å². The number of nitrogens with zero attached hydrogens (tertiary/aromatic N) is 1. The summed E-state index contributed by atoms with van der Waals surface area (Å²) in [5, 5.41) is 16.4. The molecule has 0 heterocycles. The van der Waals surface area contributed by atoms with E-state index in [9.17, 15) is 19.7 Å². The van der Waals surface area contributed by atoms with E-state index in [1.165, 1.54) is 24.3 Å². The van der Waals surface area contributed by atoms with Crippen LogP contribution in [0.3, 0.4) is 0 Å². The summed E-state index contributed by atoms with van der Waals surface area (Å²) in [5.41, 5.74) is 3.25. The number of nitrogens with one attached hydrogen (secondary N) is 2. The molecule has 0 radical (unpaired) electrons. The fourth-order valence-electron chi connectivity index (χ4n) is 2.79. The average Bonchev–Trinajstić information content (AvgIpc) is 2.75. The summed E-state index contributed by atoms with van der Waals surface area (Å²) in [6, 6.07) is 19.9. The highest BCUT2D eigenvalue weighted by molar-refractivity contribution is 6.10. The standard InChI is InChI=1S/C24H21N3O4/c1-16-6-10-19(11-7-16)23(28)26-22(15-18-4-3-5-21(14-18)27(30)31)24(29)25-20-12-8-17(2)9-13-20/h3-15H,1-2H3,(H,25,29)(H,26,28)/b22-15+. The number of hydrogen-bond acceptors (Lipinski definition) is 4. The lowest BCUT2D eigenvalue weighted by Gasteiger charge is -2.12. The molecular weight excluding hydrogens is 394 g/mol. The van der Waals surface area contributed by atoms with Crippen molar-refractivity contribution >= 4 is 29.3 Å². The van der Waals surface area contributed by atoms with Gasteiger partial charge in [-0.2, -0.15) is 0 Å². The molecule has 7 heteroatoms. The van der Waals surface area contributed by atoms with Gasteiger partial charge < -0.3 is 10.6 Å². The van der Waals surface area contributed by atoms with Crippen LogP contribution in [0.4, 0.5) is 11.4 Å². The third kappa shape index (κ3) is 5.86. The van der Waals surface area contributed by atoms with E-state index in [0.717, 1.165) is 11.1 Å². The molecule has 0 bridgehead atoms. The molecule has 0 aliphatic rings. The van der Waals surface area contributed by atoms with Gasteiger partial charge in [-0.15, -0.1) is 0 Å². The van der Waals surface area contributed by atoms with Crippen LogP contribution in [0.1, 0.15) is 27.0 Å². The maximum absolute atomic E-state index is 12.9. The van der Waals surface area contributed by atoms with E-state index in [4.69, 9.17) is 0 Å². The fourth-order valence-corrected chi connectivity index (χ4v) is 2.79. The van der Waals surface area contributed by atoms with E-state index in [0.29, 0.717) is 16.8 Å². The van der Waals surface area contributed by atoms with Gasteiger partial charge in [0.25, 0.3) is 17.5 Å². The summed E-state index contributed by atoms with van der Waals surface area (Å²) in [4.78, 5) is 36.2. The molecule has 0 unspecified atom stereocenters. The lowest BCUT2D eigenvalue weighted by molar-refractivity contribution is -0.384. The highest BCUT2D eigenvalue weighted by Crippen LogP contribution is 2.17. The molecule has 3 rings (SSSR count).